The van der Waals surface area contributed by atoms with Crippen molar-refractivity contribution in [3.63, 3.8) is 0 Å². The van der Waals surface area contributed by atoms with Crippen LogP contribution in [0.25, 0.3) is 0 Å². The van der Waals surface area contributed by atoms with Crippen LogP contribution in [0.15, 0.2) is 42.5 Å². The highest BCUT2D eigenvalue weighted by Crippen LogP contribution is 2.17. The van der Waals surface area contributed by atoms with Gasteiger partial charge >= 0.3 is 0 Å². The molecule has 0 heterocycles. The van der Waals surface area contributed by atoms with Crippen molar-refractivity contribution in [2.24, 2.45) is 0 Å². The Morgan fingerprint density at radius 1 is 0.941 bits per heavy atom. The van der Waals surface area contributed by atoms with Gasteiger partial charge in [0, 0.05) is 6.07 Å². The van der Waals surface area contributed by atoms with Gasteiger partial charge in [0.2, 0.25) is 0 Å². The van der Waals surface area contributed by atoms with E-state index < -0.39 is 11.6 Å². The van der Waals surface area contributed by atoms with Crippen molar-refractivity contribution in [2.45, 2.75) is 13.5 Å². The third kappa shape index (κ3) is 3.03. The molecule has 0 aliphatic rings. The van der Waals surface area contributed by atoms with Crippen LogP contribution in [-0.2, 0) is 6.61 Å². The molecule has 0 N–H and O–H groups in total. The number of aryl methyl sites for hydroxylation is 1. The summed E-state index contributed by atoms with van der Waals surface area (Å²) in [6, 6.07) is 11.3. The van der Waals surface area contributed by atoms with E-state index >= 15 is 0 Å². The van der Waals surface area contributed by atoms with E-state index in [-0.39, 0.29) is 0 Å². The third-order valence-corrected chi connectivity index (χ3v) is 2.42. The minimum atomic E-state index is -0.897. The lowest BCUT2D eigenvalue weighted by atomic mass is 10.2. The second-order valence-electron chi connectivity index (χ2n) is 3.85. The molecule has 0 aliphatic heterocycles. The molecular weight excluding hydrogens is 222 g/mol. The van der Waals surface area contributed by atoms with Crippen molar-refractivity contribution < 1.29 is 13.5 Å². The van der Waals surface area contributed by atoms with Gasteiger partial charge in [0.25, 0.3) is 0 Å². The summed E-state index contributed by atoms with van der Waals surface area (Å²) in [6.45, 7) is 2.34. The van der Waals surface area contributed by atoms with Crippen molar-refractivity contribution in [2.75, 3.05) is 0 Å². The van der Waals surface area contributed by atoms with Gasteiger partial charge in [-0.3, -0.25) is 0 Å². The Kier molecular flexibility index (Phi) is 3.38. The van der Waals surface area contributed by atoms with Crippen molar-refractivity contribution in [1.82, 2.24) is 0 Å². The SMILES string of the molecule is Cc1ccc(COc2ccc(F)c(F)c2)cc1. The summed E-state index contributed by atoms with van der Waals surface area (Å²) < 4.78 is 30.9. The van der Waals surface area contributed by atoms with Gasteiger partial charge in [-0.25, -0.2) is 8.78 Å². The van der Waals surface area contributed by atoms with Gasteiger partial charge in [0.1, 0.15) is 12.4 Å². The first-order valence-electron chi connectivity index (χ1n) is 5.28. The van der Waals surface area contributed by atoms with Crippen LogP contribution < -0.4 is 4.74 Å². The van der Waals surface area contributed by atoms with E-state index in [1.54, 1.807) is 0 Å². The van der Waals surface area contributed by atoms with Gasteiger partial charge < -0.3 is 4.74 Å². The second-order valence-corrected chi connectivity index (χ2v) is 3.85. The number of hydrogen-bond donors (Lipinski definition) is 0. The average Bonchev–Trinajstić information content (AvgIpc) is 2.33. The molecule has 0 aliphatic carbocycles. The van der Waals surface area contributed by atoms with Crippen LogP contribution in [0.2, 0.25) is 0 Å². The molecule has 2 rings (SSSR count). The topological polar surface area (TPSA) is 9.23 Å². The Morgan fingerprint density at radius 2 is 1.65 bits per heavy atom. The van der Waals surface area contributed by atoms with Crippen molar-refractivity contribution in [1.29, 1.82) is 0 Å². The Hall–Kier alpha value is -1.90. The van der Waals surface area contributed by atoms with Gasteiger partial charge in [-0.1, -0.05) is 29.8 Å². The lowest BCUT2D eigenvalue weighted by Crippen LogP contribution is -1.96. The summed E-state index contributed by atoms with van der Waals surface area (Å²) in [5, 5.41) is 0. The Labute approximate surface area is 98.7 Å². The summed E-state index contributed by atoms with van der Waals surface area (Å²) in [7, 11) is 0. The van der Waals surface area contributed by atoms with Gasteiger partial charge in [-0.15, -0.1) is 0 Å². The molecule has 2 aromatic carbocycles. The van der Waals surface area contributed by atoms with Crippen molar-refractivity contribution in [3.8, 4) is 5.75 Å². The maximum absolute atomic E-state index is 12.9. The van der Waals surface area contributed by atoms with Crippen LogP contribution in [0.1, 0.15) is 11.1 Å². The van der Waals surface area contributed by atoms with E-state index in [0.29, 0.717) is 12.4 Å². The Balaban J connectivity index is 2.02. The number of benzene rings is 2. The fourth-order valence-electron chi connectivity index (χ4n) is 1.42. The molecule has 0 fully saturated rings. The third-order valence-electron chi connectivity index (χ3n) is 2.42. The van der Waals surface area contributed by atoms with Gasteiger partial charge in [-0.05, 0) is 24.6 Å². The van der Waals surface area contributed by atoms with E-state index in [9.17, 15) is 8.78 Å². The fourth-order valence-corrected chi connectivity index (χ4v) is 1.42. The zero-order valence-corrected chi connectivity index (χ0v) is 9.41. The normalized spacial score (nSPS) is 10.3. The van der Waals surface area contributed by atoms with E-state index in [1.165, 1.54) is 11.6 Å². The quantitative estimate of drug-likeness (QED) is 0.783. The minimum Gasteiger partial charge on any atom is -0.489 e. The fraction of sp³-hybridized carbons (Fsp3) is 0.143. The summed E-state index contributed by atoms with van der Waals surface area (Å²) in [6.07, 6.45) is 0. The van der Waals surface area contributed by atoms with Crippen LogP contribution in [0.4, 0.5) is 8.78 Å². The molecular formula is C14H12F2O. The molecule has 0 aromatic heterocycles. The van der Waals surface area contributed by atoms with Crippen LogP contribution in [0.3, 0.4) is 0 Å². The first-order valence-corrected chi connectivity index (χ1v) is 5.28. The predicted octanol–water partition coefficient (Wildman–Crippen LogP) is 3.85. The zero-order chi connectivity index (χ0) is 12.3. The van der Waals surface area contributed by atoms with E-state index in [0.717, 1.165) is 17.7 Å². The smallest absolute Gasteiger partial charge is 0.162 e. The number of rotatable bonds is 3. The first-order chi connectivity index (χ1) is 8.15. The maximum atomic E-state index is 12.9. The van der Waals surface area contributed by atoms with Gasteiger partial charge in [0.15, 0.2) is 11.6 Å². The summed E-state index contributed by atoms with van der Waals surface area (Å²) in [5.74, 6) is -1.44. The van der Waals surface area contributed by atoms with Gasteiger partial charge in [0.05, 0.1) is 0 Å². The molecule has 1 nitrogen and oxygen atoms in total. The van der Waals surface area contributed by atoms with Crippen molar-refractivity contribution in [3.05, 3.63) is 65.2 Å². The highest BCUT2D eigenvalue weighted by atomic mass is 19.2. The largest absolute Gasteiger partial charge is 0.489 e. The van der Waals surface area contributed by atoms with Crippen LogP contribution in [0, 0.1) is 18.6 Å². The molecule has 0 spiro atoms. The predicted molar refractivity (Wildman–Crippen MR) is 61.9 cm³/mol. The Bertz CT molecular complexity index is 506. The molecule has 17 heavy (non-hydrogen) atoms. The Morgan fingerprint density at radius 3 is 2.29 bits per heavy atom. The molecule has 0 amide bonds. The van der Waals surface area contributed by atoms with Gasteiger partial charge in [-0.2, -0.15) is 0 Å². The van der Waals surface area contributed by atoms with E-state index in [4.69, 9.17) is 4.74 Å². The van der Waals surface area contributed by atoms with E-state index in [2.05, 4.69) is 0 Å². The van der Waals surface area contributed by atoms with Crippen molar-refractivity contribution >= 4 is 0 Å². The monoisotopic (exact) mass is 234 g/mol. The molecule has 88 valence electrons. The number of hydrogen-bond acceptors (Lipinski definition) is 1. The highest BCUT2D eigenvalue weighted by Gasteiger charge is 2.03. The summed E-state index contributed by atoms with van der Waals surface area (Å²) in [4.78, 5) is 0. The van der Waals surface area contributed by atoms with Crippen LogP contribution in [0.5, 0.6) is 5.75 Å². The molecule has 0 radical (unpaired) electrons. The molecule has 2 aromatic rings. The standard InChI is InChI=1S/C14H12F2O/c1-10-2-4-11(5-3-10)9-17-12-6-7-13(15)14(16)8-12/h2-8H,9H2,1H3. The molecule has 0 saturated carbocycles. The summed E-state index contributed by atoms with van der Waals surface area (Å²) in [5.41, 5.74) is 2.15. The molecule has 0 saturated heterocycles. The number of halogens is 2. The minimum absolute atomic E-state index is 0.324. The van der Waals surface area contributed by atoms with Crippen LogP contribution in [-0.4, -0.2) is 0 Å². The number of ether oxygens (including phenoxy) is 1. The van der Waals surface area contributed by atoms with Crippen LogP contribution >= 0.6 is 0 Å². The molecule has 0 unspecified atom stereocenters. The lowest BCUT2D eigenvalue weighted by molar-refractivity contribution is 0.303. The lowest BCUT2D eigenvalue weighted by Gasteiger charge is -2.06. The molecule has 0 bridgehead atoms. The second kappa shape index (κ2) is 4.95. The van der Waals surface area contributed by atoms with E-state index in [1.807, 2.05) is 31.2 Å². The highest BCUT2D eigenvalue weighted by molar-refractivity contribution is 5.25. The first kappa shape index (κ1) is 11.6. The zero-order valence-electron chi connectivity index (χ0n) is 9.41. The molecule has 0 atom stereocenters. The maximum Gasteiger partial charge on any atom is 0.162 e. The molecule has 3 heteroatoms. The summed E-state index contributed by atoms with van der Waals surface area (Å²) >= 11 is 0. The average molecular weight is 234 g/mol.